The van der Waals surface area contributed by atoms with Crippen molar-refractivity contribution in [2.75, 3.05) is 0 Å². The summed E-state index contributed by atoms with van der Waals surface area (Å²) in [4.78, 5) is 8.21. The van der Waals surface area contributed by atoms with Crippen LogP contribution in [0.3, 0.4) is 0 Å². The summed E-state index contributed by atoms with van der Waals surface area (Å²) in [6, 6.07) is 9.47. The average Bonchev–Trinajstić information content (AvgIpc) is 3.02. The fourth-order valence-corrected chi connectivity index (χ4v) is 3.67. The third-order valence-corrected chi connectivity index (χ3v) is 4.60. The number of aromatic amines is 1. The minimum atomic E-state index is 0.436. The normalized spacial score (nSPS) is 31.7. The molecule has 1 saturated carbocycles. The zero-order chi connectivity index (χ0) is 11.9. The Labute approximate surface area is 107 Å². The minimum absolute atomic E-state index is 0.436. The molecule has 18 heavy (non-hydrogen) atoms. The van der Waals surface area contributed by atoms with Crippen LogP contribution in [-0.2, 0) is 0 Å². The molecule has 0 bridgehead atoms. The lowest BCUT2D eigenvalue weighted by molar-refractivity contribution is 0.325. The maximum absolute atomic E-state index is 4.73. The van der Waals surface area contributed by atoms with Crippen molar-refractivity contribution in [3.63, 3.8) is 0 Å². The molecular weight excluding hydrogens is 222 g/mol. The van der Waals surface area contributed by atoms with Crippen LogP contribution in [0.2, 0.25) is 0 Å². The molecule has 0 spiro atoms. The lowest BCUT2D eigenvalue weighted by atomic mass is 9.85. The number of rotatable bonds is 1. The molecule has 1 aromatic carbocycles. The maximum Gasteiger partial charge on any atom is 0.124 e. The van der Waals surface area contributed by atoms with E-state index in [1.165, 1.54) is 32.1 Å². The van der Waals surface area contributed by atoms with Crippen molar-refractivity contribution < 1.29 is 0 Å². The molecule has 0 unspecified atom stereocenters. The van der Waals surface area contributed by atoms with Crippen molar-refractivity contribution in [2.45, 2.75) is 44.2 Å². The summed E-state index contributed by atoms with van der Waals surface area (Å²) in [5.41, 5.74) is 2.24. The second kappa shape index (κ2) is 4.09. The Morgan fingerprint density at radius 1 is 1.11 bits per heavy atom. The van der Waals surface area contributed by atoms with Gasteiger partial charge >= 0.3 is 0 Å². The molecule has 2 fully saturated rings. The van der Waals surface area contributed by atoms with Gasteiger partial charge in [0.25, 0.3) is 0 Å². The van der Waals surface area contributed by atoms with Crippen molar-refractivity contribution in [3.8, 4) is 0 Å². The lowest BCUT2D eigenvalue weighted by Crippen LogP contribution is -2.30. The monoisotopic (exact) mass is 241 g/mol. The van der Waals surface area contributed by atoms with E-state index in [1.54, 1.807) is 0 Å². The van der Waals surface area contributed by atoms with Gasteiger partial charge in [-0.2, -0.15) is 0 Å². The highest BCUT2D eigenvalue weighted by Crippen LogP contribution is 2.38. The number of imidazole rings is 1. The van der Waals surface area contributed by atoms with Gasteiger partial charge in [0, 0.05) is 6.04 Å². The quantitative estimate of drug-likeness (QED) is 0.805. The van der Waals surface area contributed by atoms with E-state index in [0.29, 0.717) is 6.04 Å². The largest absolute Gasteiger partial charge is 0.341 e. The predicted octanol–water partition coefficient (Wildman–Crippen LogP) is 3.16. The van der Waals surface area contributed by atoms with Crippen LogP contribution in [0.5, 0.6) is 0 Å². The predicted molar refractivity (Wildman–Crippen MR) is 72.3 cm³/mol. The molecule has 0 amide bonds. The van der Waals surface area contributed by atoms with Gasteiger partial charge in [-0.25, -0.2) is 4.98 Å². The molecule has 1 aliphatic carbocycles. The van der Waals surface area contributed by atoms with Crippen molar-refractivity contribution >= 4 is 11.0 Å². The van der Waals surface area contributed by atoms with Crippen LogP contribution in [0.1, 0.15) is 44.0 Å². The van der Waals surface area contributed by atoms with Crippen LogP contribution in [0.25, 0.3) is 11.0 Å². The molecule has 3 atom stereocenters. The van der Waals surface area contributed by atoms with E-state index in [0.717, 1.165) is 28.8 Å². The first kappa shape index (κ1) is 10.6. The Balaban J connectivity index is 1.63. The van der Waals surface area contributed by atoms with E-state index in [1.807, 2.05) is 0 Å². The van der Waals surface area contributed by atoms with Crippen LogP contribution >= 0.6 is 0 Å². The van der Waals surface area contributed by atoms with E-state index in [2.05, 4.69) is 34.6 Å². The summed E-state index contributed by atoms with van der Waals surface area (Å²) in [7, 11) is 0. The summed E-state index contributed by atoms with van der Waals surface area (Å²) in [6.07, 6.45) is 6.80. The first-order valence-electron chi connectivity index (χ1n) is 7.11. The SMILES string of the molecule is c1ccc2[nH]c([C@H]3C[C@H]4CCCC[C@@H]4N3)nc2c1. The molecule has 3 nitrogen and oxygen atoms in total. The number of nitrogens with one attached hydrogen (secondary N) is 2. The smallest absolute Gasteiger partial charge is 0.124 e. The van der Waals surface area contributed by atoms with Crippen LogP contribution in [-0.4, -0.2) is 16.0 Å². The second-order valence-electron chi connectivity index (χ2n) is 5.75. The van der Waals surface area contributed by atoms with E-state index in [4.69, 9.17) is 4.98 Å². The Hall–Kier alpha value is -1.35. The number of benzene rings is 1. The van der Waals surface area contributed by atoms with Gasteiger partial charge in [-0.05, 0) is 37.3 Å². The molecule has 1 aliphatic heterocycles. The Kier molecular flexibility index (Phi) is 2.40. The number of H-pyrrole nitrogens is 1. The average molecular weight is 241 g/mol. The van der Waals surface area contributed by atoms with Crippen molar-refractivity contribution in [3.05, 3.63) is 30.1 Å². The maximum atomic E-state index is 4.73. The van der Waals surface area contributed by atoms with Gasteiger partial charge in [0.2, 0.25) is 0 Å². The Morgan fingerprint density at radius 3 is 2.89 bits per heavy atom. The van der Waals surface area contributed by atoms with Gasteiger partial charge in [0.05, 0.1) is 17.1 Å². The number of aromatic nitrogens is 2. The van der Waals surface area contributed by atoms with Crippen LogP contribution in [0, 0.1) is 5.92 Å². The minimum Gasteiger partial charge on any atom is -0.341 e. The molecule has 2 aromatic rings. The summed E-state index contributed by atoms with van der Waals surface area (Å²) in [5.74, 6) is 2.00. The summed E-state index contributed by atoms with van der Waals surface area (Å²) < 4.78 is 0. The lowest BCUT2D eigenvalue weighted by Gasteiger charge is -2.24. The summed E-state index contributed by atoms with van der Waals surface area (Å²) in [5, 5.41) is 3.78. The zero-order valence-electron chi connectivity index (χ0n) is 10.5. The highest BCUT2D eigenvalue weighted by Gasteiger charge is 2.36. The van der Waals surface area contributed by atoms with E-state index in [-0.39, 0.29) is 0 Å². The van der Waals surface area contributed by atoms with E-state index >= 15 is 0 Å². The first-order valence-corrected chi connectivity index (χ1v) is 7.11. The van der Waals surface area contributed by atoms with E-state index < -0.39 is 0 Å². The molecular formula is C15H19N3. The topological polar surface area (TPSA) is 40.7 Å². The Morgan fingerprint density at radius 2 is 2.00 bits per heavy atom. The summed E-state index contributed by atoms with van der Waals surface area (Å²) >= 11 is 0. The third-order valence-electron chi connectivity index (χ3n) is 4.60. The Bertz CT molecular complexity index is 513. The number of hydrogen-bond acceptors (Lipinski definition) is 2. The summed E-state index contributed by atoms with van der Waals surface area (Å²) in [6.45, 7) is 0. The van der Waals surface area contributed by atoms with Gasteiger partial charge in [-0.1, -0.05) is 25.0 Å². The standard InChI is InChI=1S/C15H19N3/c1-2-6-11-10(5-1)9-14(16-11)15-17-12-7-3-4-8-13(12)18-15/h3-4,7-8,10-11,14,16H,1-2,5-6,9H2,(H,17,18)/t10-,11+,14-/m1/s1. The fraction of sp³-hybridized carbons (Fsp3) is 0.533. The molecule has 0 radical (unpaired) electrons. The van der Waals surface area contributed by atoms with Gasteiger partial charge in [0.1, 0.15) is 5.82 Å². The van der Waals surface area contributed by atoms with Crippen molar-refractivity contribution in [2.24, 2.45) is 5.92 Å². The number of para-hydroxylation sites is 2. The van der Waals surface area contributed by atoms with Crippen LogP contribution in [0.15, 0.2) is 24.3 Å². The number of hydrogen-bond donors (Lipinski definition) is 2. The molecule has 2 heterocycles. The van der Waals surface area contributed by atoms with Gasteiger partial charge in [-0.3, -0.25) is 0 Å². The number of nitrogens with zero attached hydrogens (tertiary/aromatic N) is 1. The van der Waals surface area contributed by atoms with Crippen molar-refractivity contribution in [1.29, 1.82) is 0 Å². The first-order chi connectivity index (χ1) is 8.90. The van der Waals surface area contributed by atoms with Crippen molar-refractivity contribution in [1.82, 2.24) is 15.3 Å². The van der Waals surface area contributed by atoms with Gasteiger partial charge in [0.15, 0.2) is 0 Å². The fourth-order valence-electron chi connectivity index (χ4n) is 3.67. The van der Waals surface area contributed by atoms with Gasteiger partial charge in [-0.15, -0.1) is 0 Å². The van der Waals surface area contributed by atoms with Gasteiger partial charge < -0.3 is 10.3 Å². The molecule has 2 N–H and O–H groups in total. The molecule has 2 aliphatic rings. The second-order valence-corrected chi connectivity index (χ2v) is 5.75. The molecule has 94 valence electrons. The molecule has 1 saturated heterocycles. The van der Waals surface area contributed by atoms with E-state index in [9.17, 15) is 0 Å². The molecule has 4 rings (SSSR count). The molecule has 3 heteroatoms. The highest BCUT2D eigenvalue weighted by molar-refractivity contribution is 5.74. The highest BCUT2D eigenvalue weighted by atomic mass is 15.1. The zero-order valence-corrected chi connectivity index (χ0v) is 10.5. The van der Waals surface area contributed by atoms with Crippen LogP contribution < -0.4 is 5.32 Å². The third kappa shape index (κ3) is 1.65. The molecule has 1 aromatic heterocycles. The number of fused-ring (bicyclic) bond motifs is 2. The van der Waals surface area contributed by atoms with Crippen LogP contribution in [0.4, 0.5) is 0 Å².